The number of hydrogen-bond donors (Lipinski definition) is 0. The predicted octanol–water partition coefficient (Wildman–Crippen LogP) is 0.356. The molecule has 0 bridgehead atoms. The van der Waals surface area contributed by atoms with E-state index in [9.17, 15) is 0 Å². The summed E-state index contributed by atoms with van der Waals surface area (Å²) in [6.45, 7) is 0.288. The largest absolute Gasteiger partial charge is 0.344 e. The van der Waals surface area contributed by atoms with E-state index < -0.39 is 0 Å². The molecular formula is C4H3NO2. The molecule has 0 spiro atoms. The molecule has 0 unspecified atom stereocenters. The third-order valence-corrected chi connectivity index (χ3v) is 0.616. The van der Waals surface area contributed by atoms with E-state index in [2.05, 4.69) is 9.78 Å². The van der Waals surface area contributed by atoms with Crippen LogP contribution in [0, 0.1) is 11.3 Å². The first kappa shape index (κ1) is 4.16. The van der Waals surface area contributed by atoms with E-state index in [0.29, 0.717) is 5.57 Å². The van der Waals surface area contributed by atoms with E-state index in [1.165, 1.54) is 6.26 Å². The second-order valence-corrected chi connectivity index (χ2v) is 1.11. The lowest BCUT2D eigenvalue weighted by molar-refractivity contribution is -0.221. The quantitative estimate of drug-likeness (QED) is 0.410. The van der Waals surface area contributed by atoms with E-state index in [1.807, 2.05) is 6.07 Å². The fourth-order valence-corrected chi connectivity index (χ4v) is 0.282. The topological polar surface area (TPSA) is 42.2 Å². The SMILES string of the molecule is N#CC1=COOC1. The number of hydrogen-bond acceptors (Lipinski definition) is 3. The zero-order chi connectivity index (χ0) is 5.11. The molecule has 1 aliphatic rings. The number of nitrogens with zero attached hydrogens (tertiary/aromatic N) is 1. The standard InChI is InChI=1S/C4H3NO2/c5-1-4-2-6-7-3-4/h2H,3H2. The van der Waals surface area contributed by atoms with Crippen molar-refractivity contribution < 1.29 is 9.78 Å². The lowest BCUT2D eigenvalue weighted by Crippen LogP contribution is -1.81. The Kier molecular flexibility index (Phi) is 0.966. The monoisotopic (exact) mass is 97.0 g/mol. The van der Waals surface area contributed by atoms with Gasteiger partial charge in [-0.15, -0.1) is 0 Å². The molecule has 0 saturated carbocycles. The maximum absolute atomic E-state index is 8.09. The highest BCUT2D eigenvalue weighted by molar-refractivity contribution is 5.19. The summed E-state index contributed by atoms with van der Waals surface area (Å²) >= 11 is 0. The average molecular weight is 97.1 g/mol. The zero-order valence-electron chi connectivity index (χ0n) is 3.55. The smallest absolute Gasteiger partial charge is 0.145 e. The summed E-state index contributed by atoms with van der Waals surface area (Å²) in [5.74, 6) is 0. The minimum Gasteiger partial charge on any atom is -0.344 e. The number of nitriles is 1. The van der Waals surface area contributed by atoms with E-state index in [1.54, 1.807) is 0 Å². The summed E-state index contributed by atoms with van der Waals surface area (Å²) < 4.78 is 0. The van der Waals surface area contributed by atoms with Crippen molar-refractivity contribution in [3.05, 3.63) is 11.8 Å². The van der Waals surface area contributed by atoms with Gasteiger partial charge in [-0.05, 0) is 0 Å². The maximum atomic E-state index is 8.09. The molecule has 1 rings (SSSR count). The molecule has 1 heterocycles. The van der Waals surface area contributed by atoms with Crippen molar-refractivity contribution in [2.45, 2.75) is 0 Å². The van der Waals surface area contributed by atoms with Crippen molar-refractivity contribution >= 4 is 0 Å². The van der Waals surface area contributed by atoms with Crippen molar-refractivity contribution in [3.63, 3.8) is 0 Å². The first-order valence-electron chi connectivity index (χ1n) is 1.81. The third kappa shape index (κ3) is 0.699. The van der Waals surface area contributed by atoms with Crippen LogP contribution < -0.4 is 0 Å². The van der Waals surface area contributed by atoms with Crippen LogP contribution in [0.1, 0.15) is 0 Å². The highest BCUT2D eigenvalue weighted by Gasteiger charge is 2.02. The Hall–Kier alpha value is -1.01. The van der Waals surface area contributed by atoms with Gasteiger partial charge in [0, 0.05) is 0 Å². The minimum absolute atomic E-state index is 0.288. The van der Waals surface area contributed by atoms with Gasteiger partial charge in [0.2, 0.25) is 0 Å². The summed E-state index contributed by atoms with van der Waals surface area (Å²) in [4.78, 5) is 8.60. The molecule has 3 heteroatoms. The first-order valence-corrected chi connectivity index (χ1v) is 1.81. The van der Waals surface area contributed by atoms with E-state index in [0.717, 1.165) is 0 Å². The van der Waals surface area contributed by atoms with E-state index >= 15 is 0 Å². The van der Waals surface area contributed by atoms with Gasteiger partial charge in [-0.3, -0.25) is 0 Å². The average Bonchev–Trinajstić information content (AvgIpc) is 2.14. The van der Waals surface area contributed by atoms with Gasteiger partial charge in [0.15, 0.2) is 0 Å². The lowest BCUT2D eigenvalue weighted by Gasteiger charge is -1.80. The molecule has 7 heavy (non-hydrogen) atoms. The number of rotatable bonds is 0. The Morgan fingerprint density at radius 2 is 2.71 bits per heavy atom. The van der Waals surface area contributed by atoms with Crippen molar-refractivity contribution in [3.8, 4) is 6.07 Å². The second kappa shape index (κ2) is 1.63. The fraction of sp³-hybridized carbons (Fsp3) is 0.250. The molecule has 0 aromatic rings. The maximum Gasteiger partial charge on any atom is 0.145 e. The summed E-state index contributed by atoms with van der Waals surface area (Å²) in [5.41, 5.74) is 0.528. The Balaban J connectivity index is 2.57. The van der Waals surface area contributed by atoms with Gasteiger partial charge in [0.05, 0.1) is 5.57 Å². The predicted molar refractivity (Wildman–Crippen MR) is 20.7 cm³/mol. The molecule has 1 aliphatic heterocycles. The molecule has 0 N–H and O–H groups in total. The Morgan fingerprint density at radius 1 is 1.86 bits per heavy atom. The van der Waals surface area contributed by atoms with Crippen LogP contribution in [-0.4, -0.2) is 6.61 Å². The summed E-state index contributed by atoms with van der Waals surface area (Å²) in [5, 5.41) is 8.09. The summed E-state index contributed by atoms with van der Waals surface area (Å²) in [6, 6.07) is 1.88. The molecule has 0 atom stereocenters. The molecule has 0 radical (unpaired) electrons. The molecule has 0 amide bonds. The van der Waals surface area contributed by atoms with Crippen LogP contribution >= 0.6 is 0 Å². The second-order valence-electron chi connectivity index (χ2n) is 1.11. The fourth-order valence-electron chi connectivity index (χ4n) is 0.282. The van der Waals surface area contributed by atoms with Crippen LogP contribution in [0.4, 0.5) is 0 Å². The van der Waals surface area contributed by atoms with Crippen LogP contribution in [0.5, 0.6) is 0 Å². The molecule has 0 saturated heterocycles. The van der Waals surface area contributed by atoms with Crippen molar-refractivity contribution in [2.24, 2.45) is 0 Å². The van der Waals surface area contributed by atoms with Crippen LogP contribution in [0.25, 0.3) is 0 Å². The highest BCUT2D eigenvalue weighted by Crippen LogP contribution is 2.01. The van der Waals surface area contributed by atoms with Gasteiger partial charge in [0.1, 0.15) is 18.9 Å². The van der Waals surface area contributed by atoms with Gasteiger partial charge in [-0.2, -0.15) is 10.1 Å². The van der Waals surface area contributed by atoms with Crippen LogP contribution in [0.3, 0.4) is 0 Å². The normalized spacial score (nSPS) is 17.3. The van der Waals surface area contributed by atoms with E-state index in [4.69, 9.17) is 5.26 Å². The van der Waals surface area contributed by atoms with Crippen molar-refractivity contribution in [1.29, 1.82) is 5.26 Å². The first-order chi connectivity index (χ1) is 3.43. The Morgan fingerprint density at radius 3 is 3.00 bits per heavy atom. The van der Waals surface area contributed by atoms with Crippen LogP contribution in [0.2, 0.25) is 0 Å². The lowest BCUT2D eigenvalue weighted by atomic mass is 10.4. The summed E-state index contributed by atoms with van der Waals surface area (Å²) in [7, 11) is 0. The molecule has 0 aromatic carbocycles. The Bertz CT molecular complexity index is 133. The van der Waals surface area contributed by atoms with Crippen LogP contribution in [-0.2, 0) is 9.78 Å². The molecular weight excluding hydrogens is 94.0 g/mol. The minimum atomic E-state index is 0.288. The molecule has 0 aliphatic carbocycles. The summed E-state index contributed by atoms with van der Waals surface area (Å²) in [6.07, 6.45) is 1.29. The van der Waals surface area contributed by atoms with Gasteiger partial charge < -0.3 is 4.89 Å². The van der Waals surface area contributed by atoms with Crippen molar-refractivity contribution in [2.75, 3.05) is 6.61 Å². The van der Waals surface area contributed by atoms with Crippen LogP contribution in [0.15, 0.2) is 11.8 Å². The molecule has 0 aromatic heterocycles. The molecule has 3 nitrogen and oxygen atoms in total. The zero-order valence-corrected chi connectivity index (χ0v) is 3.55. The third-order valence-electron chi connectivity index (χ3n) is 0.616. The van der Waals surface area contributed by atoms with Crippen molar-refractivity contribution in [1.82, 2.24) is 0 Å². The van der Waals surface area contributed by atoms with Gasteiger partial charge in [-0.1, -0.05) is 0 Å². The molecule has 0 fully saturated rings. The van der Waals surface area contributed by atoms with E-state index in [-0.39, 0.29) is 6.61 Å². The van der Waals surface area contributed by atoms with Gasteiger partial charge >= 0.3 is 0 Å². The highest BCUT2D eigenvalue weighted by atomic mass is 17.2. The van der Waals surface area contributed by atoms with Gasteiger partial charge in [-0.25, -0.2) is 0 Å². The Labute approximate surface area is 40.7 Å². The van der Waals surface area contributed by atoms with Gasteiger partial charge in [0.25, 0.3) is 0 Å². The molecule has 36 valence electrons.